The molecule has 1 unspecified atom stereocenters. The Morgan fingerprint density at radius 3 is 1.78 bits per heavy atom. The van der Waals surface area contributed by atoms with Crippen molar-refractivity contribution in [1.29, 1.82) is 0 Å². The summed E-state index contributed by atoms with van der Waals surface area (Å²) in [6.45, 7) is 6.60. The maximum absolute atomic E-state index is 5.09. The normalized spacial score (nSPS) is 14.3. The van der Waals surface area contributed by atoms with Gasteiger partial charge in [-0.1, -0.05) is 46.2 Å². The lowest BCUT2D eigenvalue weighted by Crippen LogP contribution is -2.03. The SMILES string of the molecule is CCC(CC)CC(C)[S]. The van der Waals surface area contributed by atoms with E-state index >= 15 is 0 Å². The molecule has 0 aliphatic rings. The Hall–Kier alpha value is 0.350. The number of rotatable bonds is 4. The summed E-state index contributed by atoms with van der Waals surface area (Å²) in [6.07, 6.45) is 3.80. The third-order valence-corrected chi connectivity index (χ3v) is 2.01. The molecule has 9 heavy (non-hydrogen) atoms. The summed E-state index contributed by atoms with van der Waals surface area (Å²) in [5, 5.41) is 0.467. The van der Waals surface area contributed by atoms with Gasteiger partial charge in [0.1, 0.15) is 0 Å². The van der Waals surface area contributed by atoms with Crippen LogP contribution in [0.15, 0.2) is 0 Å². The molecule has 0 aromatic heterocycles. The maximum Gasteiger partial charge on any atom is 0.0125 e. The Morgan fingerprint density at radius 2 is 1.67 bits per heavy atom. The van der Waals surface area contributed by atoms with E-state index < -0.39 is 0 Å². The molecule has 0 fully saturated rings. The first-order valence-electron chi connectivity index (χ1n) is 3.86. The molecule has 0 aliphatic heterocycles. The Bertz CT molecular complexity index is 55.6. The Morgan fingerprint density at radius 1 is 1.22 bits per heavy atom. The van der Waals surface area contributed by atoms with Gasteiger partial charge in [-0.05, 0) is 12.3 Å². The zero-order valence-corrected chi connectivity index (χ0v) is 7.50. The quantitative estimate of drug-likeness (QED) is 0.569. The van der Waals surface area contributed by atoms with E-state index in [4.69, 9.17) is 12.6 Å². The van der Waals surface area contributed by atoms with Crippen LogP contribution in [0.4, 0.5) is 0 Å². The second-order valence-corrected chi connectivity index (χ2v) is 3.53. The zero-order valence-electron chi connectivity index (χ0n) is 6.68. The Labute approximate surface area is 64.4 Å². The fraction of sp³-hybridized carbons (Fsp3) is 1.00. The van der Waals surface area contributed by atoms with Gasteiger partial charge in [-0.2, -0.15) is 0 Å². The summed E-state index contributed by atoms with van der Waals surface area (Å²) in [4.78, 5) is 0. The average Bonchev–Trinajstić information content (AvgIpc) is 1.82. The van der Waals surface area contributed by atoms with Crippen molar-refractivity contribution in [2.75, 3.05) is 0 Å². The minimum absolute atomic E-state index is 0.467. The minimum Gasteiger partial charge on any atom is -0.0907 e. The van der Waals surface area contributed by atoms with Gasteiger partial charge in [-0.25, -0.2) is 0 Å². The van der Waals surface area contributed by atoms with Gasteiger partial charge >= 0.3 is 0 Å². The standard InChI is InChI=1S/C8H17S/c1-4-8(5-2)6-7(3)9/h7-8H,4-6H2,1-3H3. The molecule has 0 amide bonds. The lowest BCUT2D eigenvalue weighted by Gasteiger charge is -2.12. The summed E-state index contributed by atoms with van der Waals surface area (Å²) >= 11 is 5.09. The molecule has 0 N–H and O–H groups in total. The molecule has 55 valence electrons. The van der Waals surface area contributed by atoms with Crippen LogP contribution in [0.1, 0.15) is 40.0 Å². The molecular formula is C8H17S. The van der Waals surface area contributed by atoms with Gasteiger partial charge in [0.2, 0.25) is 0 Å². The van der Waals surface area contributed by atoms with Crippen molar-refractivity contribution in [3.8, 4) is 0 Å². The molecule has 0 bridgehead atoms. The van der Waals surface area contributed by atoms with Gasteiger partial charge in [0.25, 0.3) is 0 Å². The molecule has 0 spiro atoms. The third kappa shape index (κ3) is 4.83. The van der Waals surface area contributed by atoms with Gasteiger partial charge in [-0.15, -0.1) is 0 Å². The molecule has 1 radical (unpaired) electrons. The monoisotopic (exact) mass is 145 g/mol. The van der Waals surface area contributed by atoms with E-state index in [2.05, 4.69) is 20.8 Å². The van der Waals surface area contributed by atoms with E-state index in [1.165, 1.54) is 19.3 Å². The predicted molar refractivity (Wildman–Crippen MR) is 45.7 cm³/mol. The van der Waals surface area contributed by atoms with Crippen LogP contribution in [0.2, 0.25) is 0 Å². The highest BCUT2D eigenvalue weighted by Gasteiger charge is 2.05. The predicted octanol–water partition coefficient (Wildman–Crippen LogP) is 3.40. The molecule has 0 aromatic carbocycles. The topological polar surface area (TPSA) is 0 Å². The van der Waals surface area contributed by atoms with Gasteiger partial charge in [0.15, 0.2) is 0 Å². The van der Waals surface area contributed by atoms with Crippen molar-refractivity contribution in [2.45, 2.75) is 45.3 Å². The molecule has 1 heteroatoms. The lowest BCUT2D eigenvalue weighted by atomic mass is 9.98. The molecule has 0 saturated carbocycles. The van der Waals surface area contributed by atoms with Crippen LogP contribution >= 0.6 is 12.6 Å². The summed E-state index contributed by atoms with van der Waals surface area (Å²) in [6, 6.07) is 0. The average molecular weight is 145 g/mol. The number of hydrogen-bond donors (Lipinski definition) is 0. The van der Waals surface area contributed by atoms with Crippen molar-refractivity contribution < 1.29 is 0 Å². The third-order valence-electron chi connectivity index (χ3n) is 1.82. The molecule has 0 rings (SSSR count). The zero-order chi connectivity index (χ0) is 7.28. The molecule has 1 atom stereocenters. The van der Waals surface area contributed by atoms with Crippen molar-refractivity contribution >= 4 is 12.6 Å². The van der Waals surface area contributed by atoms with Crippen LogP contribution in [0.3, 0.4) is 0 Å². The van der Waals surface area contributed by atoms with Gasteiger partial charge in [0, 0.05) is 5.25 Å². The van der Waals surface area contributed by atoms with Crippen LogP contribution in [-0.2, 0) is 0 Å². The summed E-state index contributed by atoms with van der Waals surface area (Å²) in [5.41, 5.74) is 0. The first-order valence-corrected chi connectivity index (χ1v) is 4.33. The van der Waals surface area contributed by atoms with Crippen LogP contribution in [0.25, 0.3) is 0 Å². The summed E-state index contributed by atoms with van der Waals surface area (Å²) < 4.78 is 0. The number of hydrogen-bond acceptors (Lipinski definition) is 0. The molecule has 0 nitrogen and oxygen atoms in total. The van der Waals surface area contributed by atoms with Gasteiger partial charge in [-0.3, -0.25) is 0 Å². The summed E-state index contributed by atoms with van der Waals surface area (Å²) in [7, 11) is 0. The van der Waals surface area contributed by atoms with Crippen LogP contribution in [0.5, 0.6) is 0 Å². The lowest BCUT2D eigenvalue weighted by molar-refractivity contribution is 0.457. The highest BCUT2D eigenvalue weighted by molar-refractivity contribution is 7.80. The van der Waals surface area contributed by atoms with E-state index in [-0.39, 0.29) is 0 Å². The molecule has 0 aromatic rings. The molecular weight excluding hydrogens is 128 g/mol. The molecule has 0 aliphatic carbocycles. The van der Waals surface area contributed by atoms with Crippen LogP contribution in [-0.4, -0.2) is 5.25 Å². The highest BCUT2D eigenvalue weighted by Crippen LogP contribution is 2.16. The van der Waals surface area contributed by atoms with Crippen molar-refractivity contribution in [1.82, 2.24) is 0 Å². The van der Waals surface area contributed by atoms with E-state index in [1.54, 1.807) is 0 Å². The largest absolute Gasteiger partial charge is 0.0907 e. The van der Waals surface area contributed by atoms with Crippen LogP contribution in [0, 0.1) is 5.92 Å². The fourth-order valence-electron chi connectivity index (χ4n) is 1.09. The maximum atomic E-state index is 5.09. The smallest absolute Gasteiger partial charge is 0.0125 e. The van der Waals surface area contributed by atoms with Crippen LogP contribution < -0.4 is 0 Å². The Balaban J connectivity index is 3.31. The van der Waals surface area contributed by atoms with E-state index in [0.717, 1.165) is 5.92 Å². The second kappa shape index (κ2) is 5.16. The van der Waals surface area contributed by atoms with Crippen molar-refractivity contribution in [2.24, 2.45) is 5.92 Å². The Kier molecular flexibility index (Phi) is 5.36. The first-order chi connectivity index (χ1) is 4.20. The molecule has 0 saturated heterocycles. The first kappa shape index (κ1) is 9.35. The van der Waals surface area contributed by atoms with E-state index in [1.807, 2.05) is 0 Å². The highest BCUT2D eigenvalue weighted by atomic mass is 32.1. The minimum atomic E-state index is 0.467. The second-order valence-electron chi connectivity index (χ2n) is 2.73. The van der Waals surface area contributed by atoms with E-state index in [9.17, 15) is 0 Å². The van der Waals surface area contributed by atoms with Crippen molar-refractivity contribution in [3.63, 3.8) is 0 Å². The van der Waals surface area contributed by atoms with Gasteiger partial charge in [0.05, 0.1) is 0 Å². The molecule has 0 heterocycles. The fourth-order valence-corrected chi connectivity index (χ4v) is 1.36. The van der Waals surface area contributed by atoms with E-state index in [0.29, 0.717) is 5.25 Å². The summed E-state index contributed by atoms with van der Waals surface area (Å²) in [5.74, 6) is 0.873. The van der Waals surface area contributed by atoms with Crippen molar-refractivity contribution in [3.05, 3.63) is 0 Å². The van der Waals surface area contributed by atoms with Gasteiger partial charge < -0.3 is 0 Å².